The first-order valence-electron chi connectivity index (χ1n) is 6.42. The molecule has 0 aromatic heterocycles. The summed E-state index contributed by atoms with van der Waals surface area (Å²) in [6.07, 6.45) is 6.26. The van der Waals surface area contributed by atoms with Crippen LogP contribution in [0.15, 0.2) is 0 Å². The van der Waals surface area contributed by atoms with Gasteiger partial charge in [0.2, 0.25) is 0 Å². The molecule has 2 atom stereocenters. The zero-order valence-electron chi connectivity index (χ0n) is 9.84. The summed E-state index contributed by atoms with van der Waals surface area (Å²) in [6.45, 7) is 5.94. The SMILES string of the molecule is CCN1CCCCC1C1(CO)CCCN1. The van der Waals surface area contributed by atoms with E-state index >= 15 is 0 Å². The molecular formula is C12H24N2O. The maximum atomic E-state index is 9.69. The molecule has 88 valence electrons. The minimum Gasteiger partial charge on any atom is -0.394 e. The van der Waals surface area contributed by atoms with Crippen molar-refractivity contribution >= 4 is 0 Å². The molecule has 15 heavy (non-hydrogen) atoms. The van der Waals surface area contributed by atoms with Crippen molar-refractivity contribution in [3.8, 4) is 0 Å². The molecule has 2 aliphatic rings. The molecule has 0 aliphatic carbocycles. The van der Waals surface area contributed by atoms with Gasteiger partial charge in [0.1, 0.15) is 0 Å². The third-order valence-corrected chi connectivity index (χ3v) is 4.22. The normalized spacial score (nSPS) is 38.4. The molecule has 2 unspecified atom stereocenters. The van der Waals surface area contributed by atoms with Crippen LogP contribution >= 0.6 is 0 Å². The fraction of sp³-hybridized carbons (Fsp3) is 1.00. The van der Waals surface area contributed by atoms with Crippen molar-refractivity contribution in [1.29, 1.82) is 0 Å². The molecule has 0 radical (unpaired) electrons. The van der Waals surface area contributed by atoms with Crippen molar-refractivity contribution in [3.05, 3.63) is 0 Å². The Morgan fingerprint density at radius 2 is 2.27 bits per heavy atom. The monoisotopic (exact) mass is 212 g/mol. The summed E-state index contributed by atoms with van der Waals surface area (Å²) in [5, 5.41) is 13.3. The average Bonchev–Trinajstić information content (AvgIpc) is 2.79. The smallest absolute Gasteiger partial charge is 0.0628 e. The molecule has 0 amide bonds. The summed E-state index contributed by atoms with van der Waals surface area (Å²) in [5.41, 5.74) is 0.0103. The molecule has 3 nitrogen and oxygen atoms in total. The molecule has 2 N–H and O–H groups in total. The van der Waals surface area contributed by atoms with E-state index in [0.717, 1.165) is 19.5 Å². The van der Waals surface area contributed by atoms with E-state index in [-0.39, 0.29) is 5.54 Å². The van der Waals surface area contributed by atoms with Gasteiger partial charge in [-0.1, -0.05) is 13.3 Å². The lowest BCUT2D eigenvalue weighted by Crippen LogP contribution is -2.61. The van der Waals surface area contributed by atoms with Crippen molar-refractivity contribution in [2.75, 3.05) is 26.2 Å². The van der Waals surface area contributed by atoms with E-state index in [2.05, 4.69) is 17.1 Å². The van der Waals surface area contributed by atoms with Crippen LogP contribution in [0.2, 0.25) is 0 Å². The van der Waals surface area contributed by atoms with Crippen LogP contribution < -0.4 is 5.32 Å². The Labute approximate surface area is 92.8 Å². The van der Waals surface area contributed by atoms with Gasteiger partial charge in [0.15, 0.2) is 0 Å². The highest BCUT2D eigenvalue weighted by atomic mass is 16.3. The third kappa shape index (κ3) is 2.05. The number of nitrogens with one attached hydrogen (secondary N) is 1. The second-order valence-corrected chi connectivity index (χ2v) is 4.98. The Morgan fingerprint density at radius 1 is 1.40 bits per heavy atom. The lowest BCUT2D eigenvalue weighted by molar-refractivity contribution is 0.0383. The fourth-order valence-electron chi connectivity index (χ4n) is 3.35. The highest BCUT2D eigenvalue weighted by Gasteiger charge is 2.43. The molecule has 3 heteroatoms. The van der Waals surface area contributed by atoms with Crippen molar-refractivity contribution in [2.24, 2.45) is 0 Å². The minimum absolute atomic E-state index is 0.0103. The van der Waals surface area contributed by atoms with Gasteiger partial charge in [0.25, 0.3) is 0 Å². The molecule has 2 heterocycles. The standard InChI is InChI=1S/C12H24N2O/c1-2-14-9-4-3-6-11(14)12(10-15)7-5-8-13-12/h11,13,15H,2-10H2,1H3. The van der Waals surface area contributed by atoms with E-state index in [0.29, 0.717) is 12.6 Å². The van der Waals surface area contributed by atoms with Gasteiger partial charge in [-0.2, -0.15) is 0 Å². The van der Waals surface area contributed by atoms with Crippen LogP contribution in [0, 0.1) is 0 Å². The Kier molecular flexibility index (Phi) is 3.65. The van der Waals surface area contributed by atoms with Crippen LogP contribution in [0.25, 0.3) is 0 Å². The first-order chi connectivity index (χ1) is 7.32. The molecule has 2 rings (SSSR count). The molecule has 2 aliphatic heterocycles. The van der Waals surface area contributed by atoms with Crippen LogP contribution in [0.5, 0.6) is 0 Å². The van der Waals surface area contributed by atoms with E-state index in [4.69, 9.17) is 0 Å². The molecule has 2 fully saturated rings. The van der Waals surface area contributed by atoms with E-state index in [9.17, 15) is 5.11 Å². The molecule has 0 saturated carbocycles. The predicted molar refractivity (Wildman–Crippen MR) is 61.9 cm³/mol. The summed E-state index contributed by atoms with van der Waals surface area (Å²) in [6, 6.07) is 0.559. The van der Waals surface area contributed by atoms with Crippen LogP contribution in [-0.2, 0) is 0 Å². The first-order valence-corrected chi connectivity index (χ1v) is 6.42. The fourth-order valence-corrected chi connectivity index (χ4v) is 3.35. The lowest BCUT2D eigenvalue weighted by atomic mass is 9.82. The molecule has 0 aromatic carbocycles. The van der Waals surface area contributed by atoms with E-state index in [1.807, 2.05) is 0 Å². The summed E-state index contributed by atoms with van der Waals surface area (Å²) >= 11 is 0. The van der Waals surface area contributed by atoms with Crippen molar-refractivity contribution < 1.29 is 5.11 Å². The number of hydrogen-bond acceptors (Lipinski definition) is 3. The summed E-state index contributed by atoms with van der Waals surface area (Å²) in [7, 11) is 0. The number of aliphatic hydroxyl groups excluding tert-OH is 1. The molecule has 0 aromatic rings. The van der Waals surface area contributed by atoms with Crippen molar-refractivity contribution in [2.45, 2.75) is 50.6 Å². The number of piperidine rings is 1. The zero-order valence-corrected chi connectivity index (χ0v) is 9.84. The molecular weight excluding hydrogens is 188 g/mol. The highest BCUT2D eigenvalue weighted by molar-refractivity contribution is 5.03. The van der Waals surface area contributed by atoms with Gasteiger partial charge in [-0.3, -0.25) is 4.90 Å². The van der Waals surface area contributed by atoms with Gasteiger partial charge >= 0.3 is 0 Å². The largest absolute Gasteiger partial charge is 0.394 e. The Morgan fingerprint density at radius 3 is 2.87 bits per heavy atom. The Bertz CT molecular complexity index is 202. The topological polar surface area (TPSA) is 35.5 Å². The van der Waals surface area contributed by atoms with Crippen LogP contribution in [0.3, 0.4) is 0 Å². The van der Waals surface area contributed by atoms with E-state index in [1.165, 1.54) is 32.2 Å². The summed E-state index contributed by atoms with van der Waals surface area (Å²) < 4.78 is 0. The van der Waals surface area contributed by atoms with Gasteiger partial charge in [0, 0.05) is 6.04 Å². The summed E-state index contributed by atoms with van der Waals surface area (Å²) in [5.74, 6) is 0. The number of rotatable bonds is 3. The number of hydrogen-bond donors (Lipinski definition) is 2. The highest BCUT2D eigenvalue weighted by Crippen LogP contribution is 2.32. The van der Waals surface area contributed by atoms with Crippen molar-refractivity contribution in [3.63, 3.8) is 0 Å². The quantitative estimate of drug-likeness (QED) is 0.732. The third-order valence-electron chi connectivity index (χ3n) is 4.22. The number of likely N-dealkylation sites (N-methyl/N-ethyl adjacent to an activating group) is 1. The number of aliphatic hydroxyl groups is 1. The van der Waals surface area contributed by atoms with Crippen LogP contribution in [-0.4, -0.2) is 47.8 Å². The lowest BCUT2D eigenvalue weighted by Gasteiger charge is -2.45. The van der Waals surface area contributed by atoms with E-state index < -0.39 is 0 Å². The first kappa shape index (κ1) is 11.4. The Balaban J connectivity index is 2.10. The van der Waals surface area contributed by atoms with E-state index in [1.54, 1.807) is 0 Å². The molecule has 0 spiro atoms. The predicted octanol–water partition coefficient (Wildman–Crippen LogP) is 0.975. The van der Waals surface area contributed by atoms with Gasteiger partial charge in [-0.25, -0.2) is 0 Å². The maximum Gasteiger partial charge on any atom is 0.0628 e. The van der Waals surface area contributed by atoms with Gasteiger partial charge in [-0.05, 0) is 45.3 Å². The second-order valence-electron chi connectivity index (χ2n) is 4.98. The van der Waals surface area contributed by atoms with Gasteiger partial charge in [0.05, 0.1) is 12.1 Å². The molecule has 2 saturated heterocycles. The second kappa shape index (κ2) is 4.81. The average molecular weight is 212 g/mol. The van der Waals surface area contributed by atoms with Gasteiger partial charge < -0.3 is 10.4 Å². The minimum atomic E-state index is 0.0103. The maximum absolute atomic E-state index is 9.69. The van der Waals surface area contributed by atoms with Crippen LogP contribution in [0.1, 0.15) is 39.0 Å². The van der Waals surface area contributed by atoms with Gasteiger partial charge in [-0.15, -0.1) is 0 Å². The number of nitrogens with zero attached hydrogens (tertiary/aromatic N) is 1. The van der Waals surface area contributed by atoms with Crippen molar-refractivity contribution in [1.82, 2.24) is 10.2 Å². The molecule has 0 bridgehead atoms. The Hall–Kier alpha value is -0.120. The zero-order chi connectivity index (χ0) is 10.7. The summed E-state index contributed by atoms with van der Waals surface area (Å²) in [4.78, 5) is 2.55. The van der Waals surface area contributed by atoms with Crippen LogP contribution in [0.4, 0.5) is 0 Å². The number of likely N-dealkylation sites (tertiary alicyclic amines) is 1.